The Balaban J connectivity index is 2.11. The molecule has 2 fully saturated rings. The lowest BCUT2D eigenvalue weighted by Gasteiger charge is -2.41. The lowest BCUT2D eigenvalue weighted by molar-refractivity contribution is -0.141. The van der Waals surface area contributed by atoms with Crippen molar-refractivity contribution >= 4 is 23.8 Å². The number of aliphatic carboxylic acids is 1. The van der Waals surface area contributed by atoms with Crippen LogP contribution >= 0.6 is 11.8 Å². The van der Waals surface area contributed by atoms with Crippen LogP contribution in [0.3, 0.4) is 0 Å². The Morgan fingerprint density at radius 3 is 2.52 bits per heavy atom. The summed E-state index contributed by atoms with van der Waals surface area (Å²) in [6, 6.07) is -0.431. The highest BCUT2D eigenvalue weighted by atomic mass is 32.2. The molecule has 7 heteroatoms. The molecule has 2 amide bonds. The summed E-state index contributed by atoms with van der Waals surface area (Å²) in [4.78, 5) is 29.9. The minimum atomic E-state index is -0.895. The molecule has 0 bridgehead atoms. The minimum absolute atomic E-state index is 0.0154. The number of piperazine rings is 1. The third kappa shape index (κ3) is 3.29. The van der Waals surface area contributed by atoms with E-state index in [9.17, 15) is 14.7 Å². The maximum atomic E-state index is 12.8. The lowest BCUT2D eigenvalue weighted by atomic mass is 10.1. The summed E-state index contributed by atoms with van der Waals surface area (Å²) < 4.78 is 0. The molecule has 0 aliphatic carbocycles. The average Bonchev–Trinajstić information content (AvgIpc) is 2.91. The van der Waals surface area contributed by atoms with Crippen molar-refractivity contribution in [3.05, 3.63) is 0 Å². The number of hydrogen-bond donors (Lipinski definition) is 1. The summed E-state index contributed by atoms with van der Waals surface area (Å²) in [5, 5.41) is 9.34. The molecule has 0 saturated carbocycles. The van der Waals surface area contributed by atoms with Crippen LogP contribution in [0.5, 0.6) is 0 Å². The molecule has 2 heterocycles. The molecule has 0 aromatic heterocycles. The van der Waals surface area contributed by atoms with E-state index in [4.69, 9.17) is 0 Å². The largest absolute Gasteiger partial charge is 0.480 e. The van der Waals surface area contributed by atoms with Crippen molar-refractivity contribution in [2.75, 3.05) is 32.4 Å². The number of hydrogen-bond acceptors (Lipinski definition) is 4. The van der Waals surface area contributed by atoms with E-state index in [0.717, 1.165) is 19.4 Å². The molecule has 3 atom stereocenters. The van der Waals surface area contributed by atoms with Crippen molar-refractivity contribution in [3.63, 3.8) is 0 Å². The van der Waals surface area contributed by atoms with E-state index in [1.165, 1.54) is 0 Å². The molecule has 2 aliphatic rings. The fourth-order valence-corrected chi connectivity index (χ4v) is 4.39. The van der Waals surface area contributed by atoms with Crippen LogP contribution in [0.4, 0.5) is 4.79 Å². The molecule has 3 unspecified atom stereocenters. The van der Waals surface area contributed by atoms with Crippen LogP contribution in [0.2, 0.25) is 0 Å². The molecular weight excluding hydrogens is 290 g/mol. The van der Waals surface area contributed by atoms with Crippen molar-refractivity contribution in [3.8, 4) is 0 Å². The van der Waals surface area contributed by atoms with E-state index in [2.05, 4.69) is 18.9 Å². The number of likely N-dealkylation sites (N-methyl/N-ethyl adjacent to an activating group) is 1. The Kier molecular flexibility index (Phi) is 5.37. The number of thioether (sulfide) groups is 1. The summed E-state index contributed by atoms with van der Waals surface area (Å²) in [7, 11) is 2.08. The third-order valence-corrected chi connectivity index (χ3v) is 5.92. The van der Waals surface area contributed by atoms with Gasteiger partial charge in [-0.3, -0.25) is 9.80 Å². The zero-order chi connectivity index (χ0) is 15.6. The van der Waals surface area contributed by atoms with Gasteiger partial charge in [-0.15, -0.1) is 11.8 Å². The number of carbonyl (C=O) groups excluding carboxylic acids is 1. The van der Waals surface area contributed by atoms with Crippen LogP contribution in [0.15, 0.2) is 0 Å². The smallest absolute Gasteiger partial charge is 0.327 e. The molecule has 0 radical (unpaired) electrons. The SMILES string of the molecule is CCC1CN(C(=O)N2C(CC)SCC2C(=O)O)CCN1C. The molecule has 2 rings (SSSR count). The maximum Gasteiger partial charge on any atom is 0.327 e. The first kappa shape index (κ1) is 16.4. The van der Waals surface area contributed by atoms with Crippen LogP contribution in [0.25, 0.3) is 0 Å². The van der Waals surface area contributed by atoms with Gasteiger partial charge in [0.2, 0.25) is 0 Å². The van der Waals surface area contributed by atoms with Crippen LogP contribution < -0.4 is 0 Å². The van der Waals surface area contributed by atoms with Gasteiger partial charge in [-0.05, 0) is 19.9 Å². The first-order chi connectivity index (χ1) is 9.99. The molecule has 6 nitrogen and oxygen atoms in total. The van der Waals surface area contributed by atoms with Gasteiger partial charge in [-0.2, -0.15) is 0 Å². The normalized spacial score (nSPS) is 30.7. The minimum Gasteiger partial charge on any atom is -0.480 e. The standard InChI is InChI=1S/C14H25N3O3S/c1-4-10-8-16(7-6-15(10)3)14(20)17-11(13(18)19)9-21-12(17)5-2/h10-12H,4-9H2,1-3H3,(H,18,19). The zero-order valence-corrected chi connectivity index (χ0v) is 13.8. The summed E-state index contributed by atoms with van der Waals surface area (Å²) in [6.07, 6.45) is 1.78. The van der Waals surface area contributed by atoms with Crippen molar-refractivity contribution in [1.29, 1.82) is 0 Å². The molecule has 1 N–H and O–H groups in total. The molecular formula is C14H25N3O3S. The van der Waals surface area contributed by atoms with Gasteiger partial charge in [0.25, 0.3) is 0 Å². The van der Waals surface area contributed by atoms with E-state index in [-0.39, 0.29) is 11.4 Å². The van der Waals surface area contributed by atoms with Crippen molar-refractivity contribution in [2.45, 2.75) is 44.1 Å². The van der Waals surface area contributed by atoms with Crippen LogP contribution in [-0.4, -0.2) is 81.7 Å². The molecule has 0 aromatic rings. The fourth-order valence-electron chi connectivity index (χ4n) is 3.05. The van der Waals surface area contributed by atoms with E-state index in [0.29, 0.717) is 24.9 Å². The number of urea groups is 1. The predicted octanol–water partition coefficient (Wildman–Crippen LogP) is 1.37. The second kappa shape index (κ2) is 6.87. The lowest BCUT2D eigenvalue weighted by Crippen LogP contribution is -2.58. The number of carbonyl (C=O) groups is 2. The fraction of sp³-hybridized carbons (Fsp3) is 0.857. The van der Waals surface area contributed by atoms with Crippen molar-refractivity contribution in [1.82, 2.24) is 14.7 Å². The Hall–Kier alpha value is -0.950. The van der Waals surface area contributed by atoms with E-state index in [1.54, 1.807) is 16.7 Å². The zero-order valence-electron chi connectivity index (χ0n) is 13.0. The summed E-state index contributed by atoms with van der Waals surface area (Å²) in [5.74, 6) is -0.405. The molecule has 2 saturated heterocycles. The number of amides is 2. The van der Waals surface area contributed by atoms with Gasteiger partial charge >= 0.3 is 12.0 Å². The van der Waals surface area contributed by atoms with Gasteiger partial charge in [0.15, 0.2) is 0 Å². The Labute approximate surface area is 130 Å². The van der Waals surface area contributed by atoms with Gasteiger partial charge in [0.05, 0.1) is 5.37 Å². The summed E-state index contributed by atoms with van der Waals surface area (Å²) >= 11 is 1.57. The molecule has 120 valence electrons. The molecule has 0 spiro atoms. The Morgan fingerprint density at radius 2 is 1.95 bits per heavy atom. The Bertz CT molecular complexity index is 407. The summed E-state index contributed by atoms with van der Waals surface area (Å²) in [6.45, 7) is 6.34. The highest BCUT2D eigenvalue weighted by Gasteiger charge is 2.43. The van der Waals surface area contributed by atoms with Gasteiger partial charge in [-0.1, -0.05) is 13.8 Å². The highest BCUT2D eigenvalue weighted by molar-refractivity contribution is 8.00. The van der Waals surface area contributed by atoms with Crippen LogP contribution in [0, 0.1) is 0 Å². The van der Waals surface area contributed by atoms with Gasteiger partial charge < -0.3 is 10.0 Å². The van der Waals surface area contributed by atoms with Crippen molar-refractivity contribution in [2.24, 2.45) is 0 Å². The molecule has 2 aliphatic heterocycles. The first-order valence-corrected chi connectivity index (χ1v) is 8.66. The molecule has 0 aromatic carbocycles. The van der Waals surface area contributed by atoms with Gasteiger partial charge in [0, 0.05) is 31.4 Å². The van der Waals surface area contributed by atoms with Crippen molar-refractivity contribution < 1.29 is 14.7 Å². The predicted molar refractivity (Wildman–Crippen MR) is 83.5 cm³/mol. The third-order valence-electron chi connectivity index (χ3n) is 4.47. The quantitative estimate of drug-likeness (QED) is 0.852. The number of carboxylic acid groups (broad SMARTS) is 1. The highest BCUT2D eigenvalue weighted by Crippen LogP contribution is 2.32. The van der Waals surface area contributed by atoms with Gasteiger partial charge in [0.1, 0.15) is 6.04 Å². The van der Waals surface area contributed by atoms with E-state index in [1.807, 2.05) is 11.8 Å². The van der Waals surface area contributed by atoms with Crippen LogP contribution in [-0.2, 0) is 4.79 Å². The first-order valence-electron chi connectivity index (χ1n) is 7.61. The Morgan fingerprint density at radius 1 is 1.24 bits per heavy atom. The monoisotopic (exact) mass is 315 g/mol. The average molecular weight is 315 g/mol. The summed E-state index contributed by atoms with van der Waals surface area (Å²) in [5.41, 5.74) is 0. The second-order valence-corrected chi connectivity index (χ2v) is 6.94. The maximum absolute atomic E-state index is 12.8. The van der Waals surface area contributed by atoms with Crippen LogP contribution in [0.1, 0.15) is 26.7 Å². The molecule has 21 heavy (non-hydrogen) atoms. The number of nitrogens with zero attached hydrogens (tertiary/aromatic N) is 3. The van der Waals surface area contributed by atoms with E-state index < -0.39 is 12.0 Å². The number of carboxylic acids is 1. The van der Waals surface area contributed by atoms with E-state index >= 15 is 0 Å². The second-order valence-electron chi connectivity index (χ2n) is 5.73. The number of rotatable bonds is 3. The topological polar surface area (TPSA) is 64.1 Å². The van der Waals surface area contributed by atoms with Gasteiger partial charge in [-0.25, -0.2) is 9.59 Å².